The highest BCUT2D eigenvalue weighted by Crippen LogP contribution is 2.41. The zero-order valence-corrected chi connectivity index (χ0v) is 18.7. The minimum Gasteiger partial charge on any atom is -0.389 e. The summed E-state index contributed by atoms with van der Waals surface area (Å²) in [6.45, 7) is 10.1. The highest BCUT2D eigenvalue weighted by Gasteiger charge is 2.30. The number of rotatable bonds is 6. The number of halogens is 1. The third-order valence-corrected chi connectivity index (χ3v) is 5.60. The molecular weight excluding hydrogens is 377 g/mol. The Kier molecular flexibility index (Phi) is 6.83. The van der Waals surface area contributed by atoms with Gasteiger partial charge in [-0.2, -0.15) is 0 Å². The molecule has 0 aromatic rings. The Morgan fingerprint density at radius 3 is 2.53 bits per heavy atom. The van der Waals surface area contributed by atoms with Gasteiger partial charge in [0.25, 0.3) is 0 Å². The maximum absolute atomic E-state index is 13.9. The number of carbonyl (C=O) groups excluding carboxylic acids is 1. The van der Waals surface area contributed by atoms with Crippen molar-refractivity contribution < 1.29 is 19.8 Å². The summed E-state index contributed by atoms with van der Waals surface area (Å²) < 4.78 is 45.2. The molecule has 30 heavy (non-hydrogen) atoms. The van der Waals surface area contributed by atoms with E-state index in [1.165, 1.54) is 6.08 Å². The van der Waals surface area contributed by atoms with Crippen molar-refractivity contribution in [3.8, 4) is 0 Å². The maximum atomic E-state index is 13.9. The topological polar surface area (TPSA) is 49.3 Å². The Balaban J connectivity index is 2.01. The summed E-state index contributed by atoms with van der Waals surface area (Å²) in [5.74, 6) is -0.528. The average molecular weight is 420 g/mol. The van der Waals surface area contributed by atoms with E-state index >= 15 is 0 Å². The van der Waals surface area contributed by atoms with Gasteiger partial charge in [0, 0.05) is 17.6 Å². The van der Waals surface area contributed by atoms with Crippen LogP contribution >= 0.6 is 0 Å². The molecule has 3 nitrogen and oxygen atoms in total. The lowest BCUT2D eigenvalue weighted by atomic mass is 9.71. The SMILES string of the molecule is [2H]C1C([2H])C(NC(=O)/C=C(C)/C=C/C=C(C)/C=C/C2=C(C)C(O)CCC2(C)C)C([2H])C([2H])C1F. The van der Waals surface area contributed by atoms with E-state index in [0.29, 0.717) is 5.57 Å². The highest BCUT2D eigenvalue weighted by molar-refractivity contribution is 5.88. The van der Waals surface area contributed by atoms with Crippen LogP contribution in [0.25, 0.3) is 0 Å². The van der Waals surface area contributed by atoms with Crippen LogP contribution in [0.3, 0.4) is 0 Å². The zero-order valence-electron chi connectivity index (χ0n) is 22.7. The van der Waals surface area contributed by atoms with Gasteiger partial charge in [-0.15, -0.1) is 0 Å². The Labute approximate surface area is 187 Å². The van der Waals surface area contributed by atoms with Gasteiger partial charge in [0.15, 0.2) is 0 Å². The molecule has 5 atom stereocenters. The van der Waals surface area contributed by atoms with Gasteiger partial charge in [-0.3, -0.25) is 4.79 Å². The average Bonchev–Trinajstić information content (AvgIpc) is 2.76. The Morgan fingerprint density at radius 2 is 1.87 bits per heavy atom. The monoisotopic (exact) mass is 419 g/mol. The zero-order chi connectivity index (χ0) is 25.8. The van der Waals surface area contributed by atoms with Crippen LogP contribution in [0.2, 0.25) is 0 Å². The summed E-state index contributed by atoms with van der Waals surface area (Å²) in [4.78, 5) is 12.3. The minimum atomic E-state index is -1.86. The van der Waals surface area contributed by atoms with Gasteiger partial charge < -0.3 is 10.4 Å². The number of nitrogens with one attached hydrogen (secondary N) is 1. The second kappa shape index (κ2) is 10.9. The number of aliphatic hydroxyl groups excluding tert-OH is 1. The van der Waals surface area contributed by atoms with Crippen LogP contribution < -0.4 is 5.32 Å². The molecular formula is C26H38FNO2. The second-order valence-electron chi connectivity index (χ2n) is 8.78. The molecule has 0 aromatic heterocycles. The van der Waals surface area contributed by atoms with E-state index in [0.717, 1.165) is 29.6 Å². The first-order valence-electron chi connectivity index (χ1n) is 12.8. The highest BCUT2D eigenvalue weighted by atomic mass is 19.1. The van der Waals surface area contributed by atoms with Crippen LogP contribution in [0.1, 0.15) is 78.5 Å². The minimum absolute atomic E-state index is 0.0160. The number of aliphatic hydroxyl groups is 1. The fourth-order valence-electron chi connectivity index (χ4n) is 3.68. The van der Waals surface area contributed by atoms with E-state index in [2.05, 4.69) is 25.2 Å². The lowest BCUT2D eigenvalue weighted by Gasteiger charge is -2.35. The molecule has 0 saturated heterocycles. The van der Waals surface area contributed by atoms with Gasteiger partial charge >= 0.3 is 0 Å². The summed E-state index contributed by atoms with van der Waals surface area (Å²) in [5, 5.41) is 12.7. The smallest absolute Gasteiger partial charge is 0.244 e. The summed E-state index contributed by atoms with van der Waals surface area (Å²) in [6, 6.07) is -1.06. The molecule has 2 N–H and O–H groups in total. The molecule has 166 valence electrons. The molecule has 1 amide bonds. The molecule has 2 aliphatic carbocycles. The van der Waals surface area contributed by atoms with E-state index in [4.69, 9.17) is 5.48 Å². The predicted molar refractivity (Wildman–Crippen MR) is 123 cm³/mol. The Bertz CT molecular complexity index is 892. The van der Waals surface area contributed by atoms with Crippen LogP contribution in [-0.2, 0) is 4.79 Å². The lowest BCUT2D eigenvalue weighted by molar-refractivity contribution is -0.117. The van der Waals surface area contributed by atoms with Gasteiger partial charge in [0.1, 0.15) is 6.17 Å². The molecule has 5 unspecified atom stereocenters. The normalized spacial score (nSPS) is 40.2. The number of hydrogen-bond donors (Lipinski definition) is 2. The summed E-state index contributed by atoms with van der Waals surface area (Å²) in [6.07, 6.45) is 4.84. The quantitative estimate of drug-likeness (QED) is 0.417. The number of alkyl halides is 1. The van der Waals surface area contributed by atoms with E-state index in [9.17, 15) is 14.3 Å². The van der Waals surface area contributed by atoms with Crippen molar-refractivity contribution >= 4 is 5.91 Å². The van der Waals surface area contributed by atoms with Crippen LogP contribution in [0.15, 0.2) is 58.7 Å². The van der Waals surface area contributed by atoms with Crippen molar-refractivity contribution in [1.82, 2.24) is 5.32 Å². The van der Waals surface area contributed by atoms with Gasteiger partial charge in [0.2, 0.25) is 5.91 Å². The third kappa shape index (κ3) is 7.39. The lowest BCUT2D eigenvalue weighted by Crippen LogP contribution is -2.37. The van der Waals surface area contributed by atoms with Crippen LogP contribution in [0, 0.1) is 5.41 Å². The van der Waals surface area contributed by atoms with E-state index in [1.807, 2.05) is 32.1 Å². The fourth-order valence-corrected chi connectivity index (χ4v) is 3.68. The molecule has 0 radical (unpaired) electrons. The van der Waals surface area contributed by atoms with Gasteiger partial charge in [-0.05, 0) is 81.3 Å². The molecule has 2 rings (SSSR count). The number of allylic oxidation sites excluding steroid dienone is 8. The van der Waals surface area contributed by atoms with Crippen molar-refractivity contribution in [2.75, 3.05) is 0 Å². The van der Waals surface area contributed by atoms with Gasteiger partial charge in [-0.25, -0.2) is 4.39 Å². The second-order valence-corrected chi connectivity index (χ2v) is 8.78. The van der Waals surface area contributed by atoms with Crippen molar-refractivity contribution in [3.63, 3.8) is 0 Å². The molecule has 1 saturated carbocycles. The first kappa shape index (κ1) is 18.8. The molecule has 0 aliphatic heterocycles. The van der Waals surface area contributed by atoms with Crippen molar-refractivity contribution in [1.29, 1.82) is 0 Å². The Hall–Kier alpha value is -1.94. The largest absolute Gasteiger partial charge is 0.389 e. The number of carbonyl (C=O) groups is 1. The van der Waals surface area contributed by atoms with Gasteiger partial charge in [-0.1, -0.05) is 49.8 Å². The predicted octanol–water partition coefficient (Wildman–Crippen LogP) is 5.89. The molecule has 0 aromatic carbocycles. The molecule has 2 aliphatic rings. The van der Waals surface area contributed by atoms with Crippen molar-refractivity contribution in [2.24, 2.45) is 5.41 Å². The van der Waals surface area contributed by atoms with Crippen molar-refractivity contribution in [3.05, 3.63) is 58.7 Å². The molecule has 4 heteroatoms. The molecule has 0 bridgehead atoms. The van der Waals surface area contributed by atoms with Crippen LogP contribution in [0.5, 0.6) is 0 Å². The summed E-state index contributed by atoms with van der Waals surface area (Å²) in [5.41, 5.74) is 3.83. The van der Waals surface area contributed by atoms with Crippen LogP contribution in [0.4, 0.5) is 4.39 Å². The van der Waals surface area contributed by atoms with Crippen molar-refractivity contribution in [2.45, 2.75) is 91.4 Å². The van der Waals surface area contributed by atoms with E-state index in [1.54, 1.807) is 13.0 Å². The molecule has 0 heterocycles. The maximum Gasteiger partial charge on any atom is 0.244 e. The first-order valence-corrected chi connectivity index (χ1v) is 10.5. The number of amides is 1. The fraction of sp³-hybridized carbons (Fsp3) is 0.577. The third-order valence-electron chi connectivity index (χ3n) is 5.60. The Morgan fingerprint density at radius 1 is 1.20 bits per heavy atom. The van der Waals surface area contributed by atoms with E-state index < -0.39 is 49.8 Å². The molecule has 1 fully saturated rings. The standard InChI is InChI=1S/C26H38FNO2/c1-18(9-14-23-20(3)24(29)15-16-26(23,4)5)7-6-8-19(2)17-25(30)28-22-12-10-21(27)11-13-22/h6-9,14,17,21-22,24,29H,10-13,15-16H2,1-5H3,(H,28,30)/b8-6+,14-9+,18-7+,19-17+/i10D,11D,12D,13D. The molecule has 0 spiro atoms. The summed E-state index contributed by atoms with van der Waals surface area (Å²) >= 11 is 0. The number of hydrogen-bond acceptors (Lipinski definition) is 2. The van der Waals surface area contributed by atoms with Gasteiger partial charge in [0.05, 0.1) is 6.10 Å². The van der Waals surface area contributed by atoms with Crippen LogP contribution in [-0.4, -0.2) is 29.3 Å². The summed E-state index contributed by atoms with van der Waals surface area (Å²) in [7, 11) is 0. The first-order chi connectivity index (χ1) is 15.8. The van der Waals surface area contributed by atoms with E-state index in [-0.39, 0.29) is 5.41 Å².